The highest BCUT2D eigenvalue weighted by atomic mass is 35.5. The molecule has 0 aliphatic carbocycles. The van der Waals surface area contributed by atoms with Gasteiger partial charge in [-0.1, -0.05) is 48.9 Å². The Morgan fingerprint density at radius 3 is 2.73 bits per heavy atom. The number of rotatable bonds is 5. The second kappa shape index (κ2) is 9.75. The van der Waals surface area contributed by atoms with Crippen molar-refractivity contribution in [3.05, 3.63) is 53.4 Å². The summed E-state index contributed by atoms with van der Waals surface area (Å²) < 4.78 is 23.1. The highest BCUT2D eigenvalue weighted by Crippen LogP contribution is 2.42. The van der Waals surface area contributed by atoms with Crippen LogP contribution in [-0.4, -0.2) is 70.3 Å². The average molecular weight is 573 g/mol. The van der Waals surface area contributed by atoms with Crippen LogP contribution in [0.3, 0.4) is 0 Å². The third-order valence-corrected chi connectivity index (χ3v) is 10.1. The zero-order chi connectivity index (χ0) is 27.7. The lowest BCUT2D eigenvalue weighted by Crippen LogP contribution is -2.51. The molecule has 3 unspecified atom stereocenters. The molecule has 1 N–H and O–H groups in total. The first kappa shape index (κ1) is 25.6. The van der Waals surface area contributed by atoms with Gasteiger partial charge in [-0.25, -0.2) is 4.39 Å². The molecule has 4 aromatic rings. The Kier molecular flexibility index (Phi) is 6.09. The normalized spacial score (nSPS) is 27.7. The number of ether oxygens (including phenoxy) is 1. The van der Waals surface area contributed by atoms with Gasteiger partial charge in [0, 0.05) is 53.9 Å². The maximum absolute atomic E-state index is 16.6. The second-order valence-electron chi connectivity index (χ2n) is 12.6. The Bertz CT molecular complexity index is 1650. The quantitative estimate of drug-likeness (QED) is 0.323. The molecule has 4 saturated heterocycles. The van der Waals surface area contributed by atoms with Crippen LogP contribution in [0.1, 0.15) is 39.0 Å². The molecule has 0 radical (unpaired) electrons. The van der Waals surface area contributed by atoms with Gasteiger partial charge >= 0.3 is 6.01 Å². The molecule has 2 aromatic heterocycles. The van der Waals surface area contributed by atoms with E-state index in [4.69, 9.17) is 26.3 Å². The van der Waals surface area contributed by atoms with Gasteiger partial charge in [-0.15, -0.1) is 0 Å². The van der Waals surface area contributed by atoms with E-state index in [1.807, 2.05) is 36.4 Å². The maximum Gasteiger partial charge on any atom is 0.319 e. The lowest BCUT2D eigenvalue weighted by molar-refractivity contribution is 0.107. The molecule has 212 valence electrons. The smallest absolute Gasteiger partial charge is 0.319 e. The van der Waals surface area contributed by atoms with Gasteiger partial charge in [0.15, 0.2) is 5.82 Å². The molecule has 2 bridgehead atoms. The van der Waals surface area contributed by atoms with Crippen LogP contribution in [0.5, 0.6) is 6.01 Å². The van der Waals surface area contributed by atoms with Crippen LogP contribution < -0.4 is 15.0 Å². The van der Waals surface area contributed by atoms with Gasteiger partial charge < -0.3 is 15.0 Å². The number of fused-ring (bicyclic) bond motifs is 5. The minimum absolute atomic E-state index is 0.0215. The Morgan fingerprint density at radius 1 is 1.10 bits per heavy atom. The number of piperazine rings is 1. The van der Waals surface area contributed by atoms with Gasteiger partial charge in [-0.05, 0) is 56.0 Å². The van der Waals surface area contributed by atoms with E-state index < -0.39 is 5.82 Å². The summed E-state index contributed by atoms with van der Waals surface area (Å²) in [5.74, 6) is 0.872. The highest BCUT2D eigenvalue weighted by Gasteiger charge is 2.48. The van der Waals surface area contributed by atoms with Crippen LogP contribution in [0, 0.1) is 11.7 Å². The molecule has 0 spiro atoms. The van der Waals surface area contributed by atoms with E-state index in [-0.39, 0.29) is 22.8 Å². The molecule has 0 amide bonds. The van der Waals surface area contributed by atoms with E-state index in [0.717, 1.165) is 62.6 Å². The lowest BCUT2D eigenvalue weighted by atomic mass is 9.92. The third-order valence-electron chi connectivity index (χ3n) is 9.74. The molecule has 6 heterocycles. The summed E-state index contributed by atoms with van der Waals surface area (Å²) >= 11 is 6.61. The van der Waals surface area contributed by atoms with E-state index in [1.54, 1.807) is 6.20 Å². The standard InChI is InChI=1S/C32H34ClFN6O/c1-19-13-32(11-4-12-40(32)15-19)18-41-31-37-29-24(30(38-31)39-16-21-9-10-22(17-39)36-21)14-35-28(27(29)34)23-7-2-5-20-6-3-8-25(33)26(20)23/h2-3,5-8,14,19,21-22,36H,4,9-13,15-18H2,1H3/t19-,21?,22?,32?/m1/s1. The SMILES string of the molecule is C[C@H]1CN2CCCC2(COc2nc(N3CC4CCC(C3)N4)c3cnc(-c4cccc5cccc(Cl)c45)c(F)c3n2)C1. The molecule has 2 aromatic carbocycles. The first-order valence-electron chi connectivity index (χ1n) is 14.9. The number of benzene rings is 2. The maximum atomic E-state index is 16.6. The van der Waals surface area contributed by atoms with Crippen molar-refractivity contribution in [3.8, 4) is 17.3 Å². The van der Waals surface area contributed by atoms with Crippen LogP contribution >= 0.6 is 11.6 Å². The monoisotopic (exact) mass is 572 g/mol. The van der Waals surface area contributed by atoms with Crippen molar-refractivity contribution >= 4 is 39.1 Å². The molecular formula is C32H34ClFN6O. The molecule has 4 atom stereocenters. The topological polar surface area (TPSA) is 66.4 Å². The number of hydrogen-bond acceptors (Lipinski definition) is 7. The summed E-state index contributed by atoms with van der Waals surface area (Å²) in [5.41, 5.74) is 1.15. The summed E-state index contributed by atoms with van der Waals surface area (Å²) in [7, 11) is 0. The van der Waals surface area contributed by atoms with Crippen molar-refractivity contribution in [1.29, 1.82) is 0 Å². The largest absolute Gasteiger partial charge is 0.461 e. The zero-order valence-electron chi connectivity index (χ0n) is 23.2. The predicted octanol–water partition coefficient (Wildman–Crippen LogP) is 5.83. The van der Waals surface area contributed by atoms with Crippen molar-refractivity contribution in [2.45, 2.75) is 56.7 Å². The van der Waals surface area contributed by atoms with Gasteiger partial charge in [0.2, 0.25) is 0 Å². The van der Waals surface area contributed by atoms with E-state index in [2.05, 4.69) is 27.0 Å². The van der Waals surface area contributed by atoms with Crippen LogP contribution in [0.15, 0.2) is 42.6 Å². The second-order valence-corrected chi connectivity index (χ2v) is 13.0. The van der Waals surface area contributed by atoms with E-state index in [1.165, 1.54) is 6.42 Å². The van der Waals surface area contributed by atoms with Crippen LogP contribution in [-0.2, 0) is 0 Å². The number of pyridine rings is 1. The number of aromatic nitrogens is 3. The summed E-state index contributed by atoms with van der Waals surface area (Å²) in [6.07, 6.45) is 7.41. The van der Waals surface area contributed by atoms with Gasteiger partial charge in [-0.3, -0.25) is 9.88 Å². The predicted molar refractivity (Wildman–Crippen MR) is 160 cm³/mol. The molecule has 4 aliphatic rings. The zero-order valence-corrected chi connectivity index (χ0v) is 24.0. The van der Waals surface area contributed by atoms with Crippen molar-refractivity contribution in [1.82, 2.24) is 25.2 Å². The molecule has 4 aliphatic heterocycles. The lowest BCUT2D eigenvalue weighted by Gasteiger charge is -2.34. The molecule has 9 heteroatoms. The van der Waals surface area contributed by atoms with Crippen LogP contribution in [0.2, 0.25) is 5.02 Å². The number of hydrogen-bond donors (Lipinski definition) is 1. The molecule has 0 saturated carbocycles. The minimum atomic E-state index is -0.475. The molecule has 4 fully saturated rings. The first-order valence-corrected chi connectivity index (χ1v) is 15.3. The number of anilines is 1. The van der Waals surface area contributed by atoms with E-state index >= 15 is 4.39 Å². The molecule has 41 heavy (non-hydrogen) atoms. The number of halogens is 2. The Hall–Kier alpha value is -3.07. The summed E-state index contributed by atoms with van der Waals surface area (Å²) in [5, 5.41) is 6.58. The van der Waals surface area contributed by atoms with E-state index in [9.17, 15) is 0 Å². The molecule has 7 nitrogen and oxygen atoms in total. The van der Waals surface area contributed by atoms with Crippen molar-refractivity contribution in [2.24, 2.45) is 5.92 Å². The summed E-state index contributed by atoms with van der Waals surface area (Å²) in [6, 6.07) is 12.5. The first-order chi connectivity index (χ1) is 20.0. The summed E-state index contributed by atoms with van der Waals surface area (Å²) in [6.45, 7) is 6.69. The third kappa shape index (κ3) is 4.25. The van der Waals surface area contributed by atoms with Gasteiger partial charge in [-0.2, -0.15) is 9.97 Å². The Labute approximate surface area is 244 Å². The minimum Gasteiger partial charge on any atom is -0.461 e. The van der Waals surface area contributed by atoms with Crippen molar-refractivity contribution < 1.29 is 9.13 Å². The van der Waals surface area contributed by atoms with Gasteiger partial charge in [0.1, 0.15) is 23.6 Å². The number of nitrogens with zero attached hydrogens (tertiary/aromatic N) is 5. The highest BCUT2D eigenvalue weighted by molar-refractivity contribution is 6.36. The molecular weight excluding hydrogens is 539 g/mol. The Morgan fingerprint density at radius 2 is 1.90 bits per heavy atom. The fraction of sp³-hybridized carbons (Fsp3) is 0.469. The fourth-order valence-corrected chi connectivity index (χ4v) is 8.28. The fourth-order valence-electron chi connectivity index (χ4n) is 8.00. The van der Waals surface area contributed by atoms with Crippen LogP contribution in [0.25, 0.3) is 32.9 Å². The van der Waals surface area contributed by atoms with Crippen molar-refractivity contribution in [2.75, 3.05) is 37.7 Å². The van der Waals surface area contributed by atoms with Gasteiger partial charge in [0.25, 0.3) is 0 Å². The number of nitrogens with one attached hydrogen (secondary N) is 1. The van der Waals surface area contributed by atoms with Crippen LogP contribution in [0.4, 0.5) is 10.2 Å². The average Bonchev–Trinajstić information content (AvgIpc) is 3.62. The summed E-state index contributed by atoms with van der Waals surface area (Å²) in [4.78, 5) is 19.2. The molecule has 8 rings (SSSR count). The van der Waals surface area contributed by atoms with E-state index in [0.29, 0.717) is 46.4 Å². The Balaban J connectivity index is 1.25. The van der Waals surface area contributed by atoms with Gasteiger partial charge in [0.05, 0.1) is 10.9 Å². The van der Waals surface area contributed by atoms with Crippen molar-refractivity contribution in [3.63, 3.8) is 0 Å².